The van der Waals surface area contributed by atoms with Crippen molar-refractivity contribution in [2.75, 3.05) is 6.61 Å². The summed E-state index contributed by atoms with van der Waals surface area (Å²) in [5, 5.41) is 9.03. The molecule has 0 aromatic rings. The van der Waals surface area contributed by atoms with Crippen molar-refractivity contribution in [1.29, 1.82) is 0 Å². The second-order valence-electron chi connectivity index (χ2n) is 6.34. The van der Waals surface area contributed by atoms with E-state index in [0.717, 1.165) is 12.8 Å². The first kappa shape index (κ1) is 17.7. The molecule has 0 aromatic carbocycles. The first-order chi connectivity index (χ1) is 8.24. The molecule has 0 unspecified atom stereocenters. The molecule has 0 aliphatic rings. The molecule has 0 aliphatic carbocycles. The fourth-order valence-electron chi connectivity index (χ4n) is 1.43. The number of aliphatic hydroxyl groups excluding tert-OH is 1. The van der Waals surface area contributed by atoms with E-state index in [1.165, 1.54) is 12.8 Å². The van der Waals surface area contributed by atoms with E-state index in [1.807, 2.05) is 0 Å². The van der Waals surface area contributed by atoms with Crippen LogP contribution in [0.5, 0.6) is 0 Å². The smallest absolute Gasteiger partial charge is 0.193 e. The van der Waals surface area contributed by atoms with Crippen LogP contribution in [0.1, 0.15) is 53.4 Å². The van der Waals surface area contributed by atoms with Crippen LogP contribution in [0.3, 0.4) is 0 Å². The summed E-state index contributed by atoms with van der Waals surface area (Å²) >= 11 is 0. The van der Waals surface area contributed by atoms with Gasteiger partial charge in [0.2, 0.25) is 0 Å². The molecule has 0 radical (unpaired) electrons. The van der Waals surface area contributed by atoms with Crippen LogP contribution in [0, 0.1) is 11.8 Å². The average molecular weight is 270 g/mol. The van der Waals surface area contributed by atoms with Crippen LogP contribution in [0.15, 0.2) is 0 Å². The number of rotatable bonds is 6. The fourth-order valence-corrected chi connectivity index (χ4v) is 2.67. The highest BCUT2D eigenvalue weighted by Gasteiger charge is 2.38. The second kappa shape index (κ2) is 7.99. The van der Waals surface area contributed by atoms with Crippen LogP contribution in [-0.4, -0.2) is 26.1 Å². The highest BCUT2D eigenvalue weighted by atomic mass is 28.4. The highest BCUT2D eigenvalue weighted by Crippen LogP contribution is 2.37. The molecule has 0 aliphatic heterocycles. The Morgan fingerprint density at radius 1 is 1.22 bits per heavy atom. The molecular formula is C15H30O2Si. The minimum Gasteiger partial charge on any atom is -0.403 e. The number of unbranched alkanes of at least 4 members (excludes halogenated alkanes) is 2. The number of hydrogen-bond donors (Lipinski definition) is 1. The highest BCUT2D eigenvalue weighted by molar-refractivity contribution is 6.74. The summed E-state index contributed by atoms with van der Waals surface area (Å²) in [4.78, 5) is 0. The van der Waals surface area contributed by atoms with Crippen molar-refractivity contribution in [1.82, 2.24) is 0 Å². The minimum absolute atomic E-state index is 0.00964. The van der Waals surface area contributed by atoms with Gasteiger partial charge in [0.05, 0.1) is 0 Å². The first-order valence-corrected chi connectivity index (χ1v) is 9.92. The van der Waals surface area contributed by atoms with Crippen LogP contribution < -0.4 is 0 Å². The predicted molar refractivity (Wildman–Crippen MR) is 81.1 cm³/mol. The Morgan fingerprint density at radius 2 is 1.83 bits per heavy atom. The zero-order valence-corrected chi connectivity index (χ0v) is 14.0. The Balaban J connectivity index is 4.58. The van der Waals surface area contributed by atoms with Gasteiger partial charge in [0.25, 0.3) is 0 Å². The quantitative estimate of drug-likeness (QED) is 0.450. The molecular weight excluding hydrogens is 240 g/mol. The van der Waals surface area contributed by atoms with E-state index in [-0.39, 0.29) is 17.7 Å². The maximum absolute atomic E-state index is 8.83. The van der Waals surface area contributed by atoms with Gasteiger partial charge in [0.1, 0.15) is 12.7 Å². The van der Waals surface area contributed by atoms with E-state index in [4.69, 9.17) is 9.53 Å². The number of aliphatic hydroxyl groups is 1. The average Bonchev–Trinajstić information content (AvgIpc) is 2.24. The predicted octanol–water partition coefficient (Wildman–Crippen LogP) is 3.95. The molecule has 0 rings (SSSR count). The topological polar surface area (TPSA) is 29.5 Å². The third-order valence-electron chi connectivity index (χ3n) is 3.66. The molecule has 2 nitrogen and oxygen atoms in total. The van der Waals surface area contributed by atoms with Gasteiger partial charge >= 0.3 is 0 Å². The van der Waals surface area contributed by atoms with Gasteiger partial charge in [-0.25, -0.2) is 0 Å². The van der Waals surface area contributed by atoms with Gasteiger partial charge in [0.15, 0.2) is 8.32 Å². The first-order valence-electron chi connectivity index (χ1n) is 7.01. The van der Waals surface area contributed by atoms with Crippen LogP contribution >= 0.6 is 0 Å². The molecule has 0 aromatic heterocycles. The molecule has 18 heavy (non-hydrogen) atoms. The zero-order chi connectivity index (χ0) is 14.2. The van der Waals surface area contributed by atoms with Crippen molar-refractivity contribution in [3.05, 3.63) is 0 Å². The van der Waals surface area contributed by atoms with E-state index in [0.29, 0.717) is 0 Å². The largest absolute Gasteiger partial charge is 0.403 e. The van der Waals surface area contributed by atoms with Crippen molar-refractivity contribution < 1.29 is 9.53 Å². The van der Waals surface area contributed by atoms with Crippen LogP contribution in [0.2, 0.25) is 18.1 Å². The number of hydrogen-bond acceptors (Lipinski definition) is 2. The Morgan fingerprint density at radius 3 is 2.28 bits per heavy atom. The lowest BCUT2D eigenvalue weighted by atomic mass is 10.1. The lowest BCUT2D eigenvalue weighted by molar-refractivity contribution is 0.219. The molecule has 106 valence electrons. The van der Waals surface area contributed by atoms with E-state index in [2.05, 4.69) is 52.6 Å². The summed E-state index contributed by atoms with van der Waals surface area (Å²) < 4.78 is 6.31. The van der Waals surface area contributed by atoms with Crippen molar-refractivity contribution in [2.45, 2.75) is 77.6 Å². The molecule has 1 N–H and O–H groups in total. The summed E-state index contributed by atoms with van der Waals surface area (Å²) in [5.41, 5.74) is 0. The van der Waals surface area contributed by atoms with Gasteiger partial charge < -0.3 is 9.53 Å². The van der Waals surface area contributed by atoms with E-state index >= 15 is 0 Å². The van der Waals surface area contributed by atoms with Gasteiger partial charge in [-0.2, -0.15) is 0 Å². The lowest BCUT2D eigenvalue weighted by Crippen LogP contribution is -2.43. The summed E-state index contributed by atoms with van der Waals surface area (Å²) in [7, 11) is -1.76. The summed E-state index contributed by atoms with van der Waals surface area (Å²) in [6.45, 7) is 13.3. The van der Waals surface area contributed by atoms with Crippen LogP contribution in [0.4, 0.5) is 0 Å². The second-order valence-corrected chi connectivity index (χ2v) is 11.1. The van der Waals surface area contributed by atoms with Crippen molar-refractivity contribution in [3.8, 4) is 11.8 Å². The molecule has 0 fully saturated rings. The van der Waals surface area contributed by atoms with E-state index in [1.54, 1.807) is 0 Å². The Bertz CT molecular complexity index is 281. The van der Waals surface area contributed by atoms with Gasteiger partial charge in [0, 0.05) is 0 Å². The van der Waals surface area contributed by atoms with Crippen molar-refractivity contribution in [3.63, 3.8) is 0 Å². The third kappa shape index (κ3) is 6.58. The Hall–Kier alpha value is -0.303. The van der Waals surface area contributed by atoms with Crippen molar-refractivity contribution >= 4 is 8.32 Å². The fraction of sp³-hybridized carbons (Fsp3) is 0.867. The van der Waals surface area contributed by atoms with Gasteiger partial charge in [-0.3, -0.25) is 0 Å². The van der Waals surface area contributed by atoms with Gasteiger partial charge in [-0.15, -0.1) is 0 Å². The van der Waals surface area contributed by atoms with Gasteiger partial charge in [-0.05, 0) is 31.0 Å². The molecule has 0 amide bonds. The monoisotopic (exact) mass is 270 g/mol. The Labute approximate surface area is 114 Å². The maximum atomic E-state index is 8.83. The zero-order valence-electron chi connectivity index (χ0n) is 13.0. The molecule has 0 heterocycles. The van der Waals surface area contributed by atoms with E-state index in [9.17, 15) is 0 Å². The van der Waals surface area contributed by atoms with E-state index < -0.39 is 8.32 Å². The molecule has 0 spiro atoms. The summed E-state index contributed by atoms with van der Waals surface area (Å²) in [6, 6.07) is 0. The summed E-state index contributed by atoms with van der Waals surface area (Å²) in [6.07, 6.45) is 4.55. The minimum atomic E-state index is -1.76. The Kier molecular flexibility index (Phi) is 7.85. The summed E-state index contributed by atoms with van der Waals surface area (Å²) in [5.74, 6) is 5.82. The molecule has 0 saturated carbocycles. The maximum Gasteiger partial charge on any atom is 0.193 e. The van der Waals surface area contributed by atoms with Crippen molar-refractivity contribution in [2.24, 2.45) is 0 Å². The standard InChI is InChI=1S/C15H30O2Si/c1-7-8-9-11-14(12-10-13-16)17-18(5,6)15(2,3)4/h14,16H,7-9,11,13H2,1-6H3/t14-/m1/s1. The van der Waals surface area contributed by atoms with Crippen LogP contribution in [-0.2, 0) is 4.43 Å². The third-order valence-corrected chi connectivity index (χ3v) is 8.14. The molecule has 0 saturated heterocycles. The molecule has 1 atom stereocenters. The van der Waals surface area contributed by atoms with Crippen LogP contribution in [0.25, 0.3) is 0 Å². The molecule has 0 bridgehead atoms. The van der Waals surface area contributed by atoms with Gasteiger partial charge in [-0.1, -0.05) is 52.4 Å². The lowest BCUT2D eigenvalue weighted by Gasteiger charge is -2.38. The molecule has 3 heteroatoms. The SMILES string of the molecule is CCCCC[C@H](C#CCO)O[Si](C)(C)C(C)(C)C. The normalized spacial score (nSPS) is 13.9.